The predicted molar refractivity (Wildman–Crippen MR) is 48.0 cm³/mol. The van der Waals surface area contributed by atoms with E-state index in [1.807, 2.05) is 12.2 Å². The molecule has 0 spiro atoms. The molecule has 2 aliphatic rings. The first-order valence-electron chi connectivity index (χ1n) is 4.99. The van der Waals surface area contributed by atoms with Gasteiger partial charge in [0.25, 0.3) is 0 Å². The van der Waals surface area contributed by atoms with E-state index in [0.717, 1.165) is 0 Å². The second kappa shape index (κ2) is 3.54. The minimum Gasteiger partial charge on any atom is -0.341 e. The van der Waals surface area contributed by atoms with Gasteiger partial charge in [0.1, 0.15) is 0 Å². The molecule has 0 unspecified atom stereocenters. The Hall–Kier alpha value is -1.00. The summed E-state index contributed by atoms with van der Waals surface area (Å²) in [5.41, 5.74) is 0. The lowest BCUT2D eigenvalue weighted by molar-refractivity contribution is -0.210. The van der Waals surface area contributed by atoms with Crippen molar-refractivity contribution < 1.29 is 18.0 Å². The number of amides is 1. The Labute approximate surface area is 85.7 Å². The van der Waals surface area contributed by atoms with Crippen LogP contribution in [-0.4, -0.2) is 30.1 Å². The van der Waals surface area contributed by atoms with Crippen molar-refractivity contribution >= 4 is 5.91 Å². The highest BCUT2D eigenvalue weighted by atomic mass is 19.4. The van der Waals surface area contributed by atoms with Gasteiger partial charge in [-0.1, -0.05) is 12.2 Å². The molecule has 0 aromatic rings. The van der Waals surface area contributed by atoms with Crippen LogP contribution in [0.2, 0.25) is 0 Å². The number of alkyl halides is 3. The molecule has 0 aromatic heterocycles. The van der Waals surface area contributed by atoms with Crippen LogP contribution < -0.4 is 0 Å². The molecule has 1 heterocycles. The topological polar surface area (TPSA) is 20.3 Å². The molecular formula is C10H12F3NO. The largest absolute Gasteiger partial charge is 0.395 e. The van der Waals surface area contributed by atoms with Crippen molar-refractivity contribution in [3.63, 3.8) is 0 Å². The molecule has 2 rings (SSSR count). The molecule has 84 valence electrons. The fourth-order valence-electron chi connectivity index (χ4n) is 1.94. The Morgan fingerprint density at radius 2 is 1.73 bits per heavy atom. The molecule has 0 bridgehead atoms. The second-order valence-electron chi connectivity index (χ2n) is 4.12. The maximum absolute atomic E-state index is 12.2. The molecule has 5 heteroatoms. The highest BCUT2D eigenvalue weighted by molar-refractivity contribution is 5.80. The van der Waals surface area contributed by atoms with Gasteiger partial charge in [0, 0.05) is 19.0 Å². The van der Waals surface area contributed by atoms with Crippen LogP contribution in [-0.2, 0) is 4.79 Å². The van der Waals surface area contributed by atoms with Crippen molar-refractivity contribution in [2.45, 2.75) is 19.0 Å². The summed E-state index contributed by atoms with van der Waals surface area (Å²) in [6.45, 7) is -0.308. The van der Waals surface area contributed by atoms with Crippen LogP contribution in [0.4, 0.5) is 13.2 Å². The molecule has 0 radical (unpaired) electrons. The van der Waals surface area contributed by atoms with Gasteiger partial charge in [-0.25, -0.2) is 0 Å². The Bertz CT molecular complexity index is 284. The van der Waals surface area contributed by atoms with Crippen molar-refractivity contribution in [3.05, 3.63) is 12.2 Å². The molecule has 1 aliphatic heterocycles. The van der Waals surface area contributed by atoms with Gasteiger partial charge in [0.05, 0.1) is 5.92 Å². The smallest absolute Gasteiger partial charge is 0.341 e. The number of rotatable bonds is 1. The SMILES string of the molecule is O=C(C1CC=CC1)N1CC(C(F)(F)F)C1. The van der Waals surface area contributed by atoms with Gasteiger partial charge in [0.15, 0.2) is 0 Å². The van der Waals surface area contributed by atoms with E-state index in [1.54, 1.807) is 0 Å². The van der Waals surface area contributed by atoms with Crippen LogP contribution in [0.1, 0.15) is 12.8 Å². The Balaban J connectivity index is 1.82. The summed E-state index contributed by atoms with van der Waals surface area (Å²) < 4.78 is 36.5. The lowest BCUT2D eigenvalue weighted by Gasteiger charge is -2.41. The van der Waals surface area contributed by atoms with Crippen molar-refractivity contribution in [3.8, 4) is 0 Å². The number of carbonyl (C=O) groups is 1. The average molecular weight is 219 g/mol. The third-order valence-electron chi connectivity index (χ3n) is 3.01. The van der Waals surface area contributed by atoms with Gasteiger partial charge in [-0.15, -0.1) is 0 Å². The van der Waals surface area contributed by atoms with Gasteiger partial charge in [-0.2, -0.15) is 13.2 Å². The van der Waals surface area contributed by atoms with Crippen LogP contribution in [0, 0.1) is 11.8 Å². The Morgan fingerprint density at radius 3 is 2.20 bits per heavy atom. The second-order valence-corrected chi connectivity index (χ2v) is 4.12. The number of nitrogens with zero attached hydrogens (tertiary/aromatic N) is 1. The summed E-state index contributed by atoms with van der Waals surface area (Å²) in [7, 11) is 0. The molecule has 2 nitrogen and oxygen atoms in total. The lowest BCUT2D eigenvalue weighted by Crippen LogP contribution is -2.56. The van der Waals surface area contributed by atoms with E-state index >= 15 is 0 Å². The highest BCUT2D eigenvalue weighted by Crippen LogP contribution is 2.35. The van der Waals surface area contributed by atoms with Gasteiger partial charge in [0.2, 0.25) is 5.91 Å². The third kappa shape index (κ3) is 2.01. The fourth-order valence-corrected chi connectivity index (χ4v) is 1.94. The van der Waals surface area contributed by atoms with E-state index in [1.165, 1.54) is 4.90 Å². The summed E-state index contributed by atoms with van der Waals surface area (Å²) >= 11 is 0. The van der Waals surface area contributed by atoms with E-state index in [9.17, 15) is 18.0 Å². The van der Waals surface area contributed by atoms with E-state index in [4.69, 9.17) is 0 Å². The third-order valence-corrected chi connectivity index (χ3v) is 3.01. The van der Waals surface area contributed by atoms with Gasteiger partial charge in [-0.3, -0.25) is 4.79 Å². The first-order valence-corrected chi connectivity index (χ1v) is 4.99. The van der Waals surface area contributed by atoms with Crippen LogP contribution in [0.5, 0.6) is 0 Å². The first kappa shape index (κ1) is 10.5. The highest BCUT2D eigenvalue weighted by Gasteiger charge is 2.49. The number of hydrogen-bond donors (Lipinski definition) is 0. The lowest BCUT2D eigenvalue weighted by atomic mass is 9.96. The van der Waals surface area contributed by atoms with Crippen molar-refractivity contribution in [2.24, 2.45) is 11.8 Å². The quantitative estimate of drug-likeness (QED) is 0.617. The van der Waals surface area contributed by atoms with Gasteiger partial charge < -0.3 is 4.90 Å². The molecule has 1 saturated heterocycles. The zero-order valence-electron chi connectivity index (χ0n) is 8.13. The van der Waals surface area contributed by atoms with Gasteiger partial charge in [-0.05, 0) is 12.8 Å². The van der Waals surface area contributed by atoms with Gasteiger partial charge >= 0.3 is 6.18 Å². The normalized spacial score (nSPS) is 23.3. The number of carbonyl (C=O) groups excluding carboxylic acids is 1. The number of likely N-dealkylation sites (tertiary alicyclic amines) is 1. The first-order chi connectivity index (χ1) is 6.98. The summed E-state index contributed by atoms with van der Waals surface area (Å²) in [4.78, 5) is 12.9. The predicted octanol–water partition coefficient (Wildman–Crippen LogP) is 1.97. The van der Waals surface area contributed by atoms with Crippen LogP contribution in [0.3, 0.4) is 0 Å². The van der Waals surface area contributed by atoms with Crippen molar-refractivity contribution in [1.29, 1.82) is 0 Å². The fraction of sp³-hybridized carbons (Fsp3) is 0.700. The van der Waals surface area contributed by atoms with Crippen LogP contribution in [0.15, 0.2) is 12.2 Å². The van der Waals surface area contributed by atoms with Crippen molar-refractivity contribution in [1.82, 2.24) is 4.90 Å². The summed E-state index contributed by atoms with van der Waals surface area (Å²) in [5, 5.41) is 0. The van der Waals surface area contributed by atoms with Crippen LogP contribution in [0.25, 0.3) is 0 Å². The molecule has 0 aromatic carbocycles. The van der Waals surface area contributed by atoms with E-state index in [0.29, 0.717) is 12.8 Å². The van der Waals surface area contributed by atoms with Crippen LogP contribution >= 0.6 is 0 Å². The standard InChI is InChI=1S/C10H12F3NO/c11-10(12,13)8-5-14(6-8)9(15)7-3-1-2-4-7/h1-2,7-8H,3-6H2. The minimum atomic E-state index is -4.15. The molecule has 0 atom stereocenters. The maximum Gasteiger partial charge on any atom is 0.395 e. The number of hydrogen-bond acceptors (Lipinski definition) is 1. The van der Waals surface area contributed by atoms with E-state index in [-0.39, 0.29) is 24.9 Å². The Morgan fingerprint density at radius 1 is 1.20 bits per heavy atom. The number of halogens is 3. The maximum atomic E-state index is 12.2. The molecule has 1 amide bonds. The summed E-state index contributed by atoms with van der Waals surface area (Å²) in [6.07, 6.45) is 1.01. The Kier molecular flexibility index (Phi) is 2.48. The monoisotopic (exact) mass is 219 g/mol. The number of allylic oxidation sites excluding steroid dienone is 2. The van der Waals surface area contributed by atoms with E-state index < -0.39 is 12.1 Å². The minimum absolute atomic E-state index is 0.112. The zero-order chi connectivity index (χ0) is 11.1. The molecule has 1 fully saturated rings. The zero-order valence-corrected chi connectivity index (χ0v) is 8.13. The summed E-state index contributed by atoms with van der Waals surface area (Å²) in [6, 6.07) is 0. The summed E-state index contributed by atoms with van der Waals surface area (Å²) in [5.74, 6) is -1.55. The molecule has 0 saturated carbocycles. The molecule has 0 N–H and O–H groups in total. The molecule has 1 aliphatic carbocycles. The van der Waals surface area contributed by atoms with Crippen molar-refractivity contribution in [2.75, 3.05) is 13.1 Å². The molecule has 15 heavy (non-hydrogen) atoms. The molecular weight excluding hydrogens is 207 g/mol. The average Bonchev–Trinajstić information content (AvgIpc) is 2.48. The van der Waals surface area contributed by atoms with E-state index in [2.05, 4.69) is 0 Å².